The molecule has 0 saturated heterocycles. The molecule has 2 aliphatic rings. The van der Waals surface area contributed by atoms with Crippen molar-refractivity contribution >= 4 is 29.1 Å². The summed E-state index contributed by atoms with van der Waals surface area (Å²) in [7, 11) is 0. The lowest BCUT2D eigenvalue weighted by atomic mass is 9.79. The number of benzene rings is 1. The topological polar surface area (TPSA) is 88.0 Å². The SMILES string of the molecule is CC(COc1cccc(C2C3=C(CCC2Cl)C(=O)NC3=O)c1)=NO. The molecule has 126 valence electrons. The summed E-state index contributed by atoms with van der Waals surface area (Å²) in [5, 5.41) is 13.8. The lowest BCUT2D eigenvalue weighted by molar-refractivity contribution is -0.124. The molecule has 0 aromatic heterocycles. The minimum atomic E-state index is -0.361. The molecule has 0 spiro atoms. The summed E-state index contributed by atoms with van der Waals surface area (Å²) >= 11 is 6.48. The number of nitrogens with one attached hydrogen (secondary N) is 1. The molecule has 2 amide bonds. The maximum absolute atomic E-state index is 12.2. The monoisotopic (exact) mass is 348 g/mol. The fraction of sp³-hybridized carbons (Fsp3) is 0.353. The standard InChI is InChI=1S/C17H17ClN2O4/c1-9(20-23)8-24-11-4-2-3-10(7-11)14-13(18)6-5-12-15(14)17(22)19-16(12)21/h2-4,7,13-14,23H,5-6,8H2,1H3,(H,19,21,22). The summed E-state index contributed by atoms with van der Waals surface area (Å²) < 4.78 is 5.57. The van der Waals surface area contributed by atoms with Gasteiger partial charge in [-0.15, -0.1) is 11.6 Å². The number of imide groups is 1. The number of hydrogen-bond donors (Lipinski definition) is 2. The number of rotatable bonds is 4. The zero-order valence-corrected chi connectivity index (χ0v) is 13.8. The van der Waals surface area contributed by atoms with Crippen LogP contribution in [0.1, 0.15) is 31.2 Å². The quantitative estimate of drug-likeness (QED) is 0.287. The van der Waals surface area contributed by atoms with Gasteiger partial charge in [0, 0.05) is 22.4 Å². The summed E-state index contributed by atoms with van der Waals surface area (Å²) in [5.74, 6) is -0.444. The van der Waals surface area contributed by atoms with Crippen LogP contribution in [0.2, 0.25) is 0 Å². The lowest BCUT2D eigenvalue weighted by Gasteiger charge is -2.28. The van der Waals surface area contributed by atoms with E-state index in [2.05, 4.69) is 10.5 Å². The maximum atomic E-state index is 12.2. The minimum Gasteiger partial charge on any atom is -0.488 e. The first-order valence-electron chi connectivity index (χ1n) is 7.64. The summed E-state index contributed by atoms with van der Waals surface area (Å²) in [6.45, 7) is 1.80. The van der Waals surface area contributed by atoms with Gasteiger partial charge in [0.05, 0.1) is 5.71 Å². The second-order valence-electron chi connectivity index (χ2n) is 5.90. The Hall–Kier alpha value is -2.34. The number of alkyl halides is 1. The van der Waals surface area contributed by atoms with Crippen LogP contribution in [0.5, 0.6) is 5.75 Å². The van der Waals surface area contributed by atoms with Gasteiger partial charge in [-0.05, 0) is 37.5 Å². The zero-order valence-electron chi connectivity index (χ0n) is 13.1. The Labute approximate surface area is 144 Å². The van der Waals surface area contributed by atoms with Gasteiger partial charge in [-0.1, -0.05) is 17.3 Å². The van der Waals surface area contributed by atoms with Crippen LogP contribution in [-0.4, -0.2) is 34.7 Å². The van der Waals surface area contributed by atoms with Crippen LogP contribution < -0.4 is 10.1 Å². The number of nitrogens with zero attached hydrogens (tertiary/aromatic N) is 1. The molecule has 0 radical (unpaired) electrons. The third-order valence-corrected chi connectivity index (χ3v) is 4.72. The predicted molar refractivity (Wildman–Crippen MR) is 88.6 cm³/mol. The molecule has 1 aliphatic carbocycles. The number of ether oxygens (including phenoxy) is 1. The third kappa shape index (κ3) is 3.01. The van der Waals surface area contributed by atoms with Gasteiger partial charge in [-0.2, -0.15) is 0 Å². The Kier molecular flexibility index (Phi) is 4.57. The largest absolute Gasteiger partial charge is 0.488 e. The van der Waals surface area contributed by atoms with Crippen LogP contribution in [0.3, 0.4) is 0 Å². The molecule has 2 unspecified atom stereocenters. The number of halogens is 1. The van der Waals surface area contributed by atoms with E-state index in [4.69, 9.17) is 21.5 Å². The van der Waals surface area contributed by atoms with Crippen molar-refractivity contribution in [1.29, 1.82) is 0 Å². The zero-order chi connectivity index (χ0) is 17.3. The molecular formula is C17H17ClN2O4. The average Bonchev–Trinajstić information content (AvgIpc) is 2.87. The highest BCUT2D eigenvalue weighted by Gasteiger charge is 2.42. The first-order valence-corrected chi connectivity index (χ1v) is 8.08. The third-order valence-electron chi connectivity index (χ3n) is 4.25. The van der Waals surface area contributed by atoms with Crippen LogP contribution in [-0.2, 0) is 9.59 Å². The Balaban J connectivity index is 1.92. The molecule has 1 aromatic carbocycles. The molecule has 0 bridgehead atoms. The number of oxime groups is 1. The first-order chi connectivity index (χ1) is 11.5. The summed E-state index contributed by atoms with van der Waals surface area (Å²) in [5.41, 5.74) is 2.27. The van der Waals surface area contributed by atoms with Crippen LogP contribution in [0.4, 0.5) is 0 Å². The van der Waals surface area contributed by atoms with Gasteiger partial charge in [0.15, 0.2) is 0 Å². The van der Waals surface area contributed by atoms with Crippen molar-refractivity contribution in [2.45, 2.75) is 31.1 Å². The smallest absolute Gasteiger partial charge is 0.255 e. The van der Waals surface area contributed by atoms with Crippen molar-refractivity contribution in [2.24, 2.45) is 5.16 Å². The first kappa shape index (κ1) is 16.5. The van der Waals surface area contributed by atoms with Crippen molar-refractivity contribution in [3.05, 3.63) is 41.0 Å². The Bertz CT molecular complexity index is 757. The van der Waals surface area contributed by atoms with E-state index in [1.54, 1.807) is 19.1 Å². The van der Waals surface area contributed by atoms with Gasteiger partial charge >= 0.3 is 0 Å². The highest BCUT2D eigenvalue weighted by molar-refractivity contribution is 6.25. The van der Waals surface area contributed by atoms with Crippen molar-refractivity contribution < 1.29 is 19.5 Å². The highest BCUT2D eigenvalue weighted by Crippen LogP contribution is 2.43. The van der Waals surface area contributed by atoms with Crippen molar-refractivity contribution in [3.63, 3.8) is 0 Å². The number of amides is 2. The highest BCUT2D eigenvalue weighted by atomic mass is 35.5. The van der Waals surface area contributed by atoms with E-state index in [1.807, 2.05) is 12.1 Å². The van der Waals surface area contributed by atoms with E-state index in [9.17, 15) is 9.59 Å². The molecule has 0 saturated carbocycles. The van der Waals surface area contributed by atoms with Crippen LogP contribution in [0.15, 0.2) is 40.6 Å². The molecule has 6 nitrogen and oxygen atoms in total. The van der Waals surface area contributed by atoms with E-state index >= 15 is 0 Å². The van der Waals surface area contributed by atoms with E-state index in [1.165, 1.54) is 0 Å². The maximum Gasteiger partial charge on any atom is 0.255 e. The van der Waals surface area contributed by atoms with Crippen LogP contribution in [0.25, 0.3) is 0 Å². The molecule has 3 rings (SSSR count). The van der Waals surface area contributed by atoms with Gasteiger partial charge in [-0.3, -0.25) is 14.9 Å². The predicted octanol–water partition coefficient (Wildman–Crippen LogP) is 2.35. The van der Waals surface area contributed by atoms with Gasteiger partial charge in [-0.25, -0.2) is 0 Å². The van der Waals surface area contributed by atoms with E-state index < -0.39 is 0 Å². The Morgan fingerprint density at radius 1 is 1.42 bits per heavy atom. The molecule has 1 aliphatic heterocycles. The number of hydrogen-bond acceptors (Lipinski definition) is 5. The fourth-order valence-corrected chi connectivity index (χ4v) is 3.48. The van der Waals surface area contributed by atoms with Gasteiger partial charge in [0.1, 0.15) is 12.4 Å². The Morgan fingerprint density at radius 3 is 2.96 bits per heavy atom. The molecule has 2 N–H and O–H groups in total. The lowest BCUT2D eigenvalue weighted by Crippen LogP contribution is -2.26. The molecule has 24 heavy (non-hydrogen) atoms. The summed E-state index contributed by atoms with van der Waals surface area (Å²) in [6, 6.07) is 7.25. The van der Waals surface area contributed by atoms with Crippen molar-refractivity contribution in [2.75, 3.05) is 6.61 Å². The van der Waals surface area contributed by atoms with Gasteiger partial charge in [0.25, 0.3) is 11.8 Å². The van der Waals surface area contributed by atoms with Gasteiger partial charge in [0.2, 0.25) is 0 Å². The number of carbonyl (C=O) groups excluding carboxylic acids is 2. The molecular weight excluding hydrogens is 332 g/mol. The molecule has 1 heterocycles. The average molecular weight is 349 g/mol. The second kappa shape index (κ2) is 6.65. The second-order valence-corrected chi connectivity index (χ2v) is 6.46. The normalized spacial score (nSPS) is 24.0. The summed E-state index contributed by atoms with van der Waals surface area (Å²) in [6.07, 6.45) is 1.15. The minimum absolute atomic E-state index is 0.155. The Morgan fingerprint density at radius 2 is 2.21 bits per heavy atom. The van der Waals surface area contributed by atoms with E-state index in [0.29, 0.717) is 35.4 Å². The molecule has 7 heteroatoms. The van der Waals surface area contributed by atoms with Crippen molar-refractivity contribution in [3.8, 4) is 5.75 Å². The van der Waals surface area contributed by atoms with Crippen LogP contribution in [0, 0.1) is 0 Å². The van der Waals surface area contributed by atoms with Gasteiger partial charge < -0.3 is 9.94 Å². The van der Waals surface area contributed by atoms with Crippen LogP contribution >= 0.6 is 11.6 Å². The molecule has 1 aromatic rings. The van der Waals surface area contributed by atoms with Crippen molar-refractivity contribution in [1.82, 2.24) is 5.32 Å². The molecule has 0 fully saturated rings. The molecule has 2 atom stereocenters. The number of carbonyl (C=O) groups is 2. The fourth-order valence-electron chi connectivity index (χ4n) is 3.10. The van der Waals surface area contributed by atoms with E-state index in [0.717, 1.165) is 5.56 Å². The van der Waals surface area contributed by atoms with E-state index in [-0.39, 0.29) is 29.7 Å². The summed E-state index contributed by atoms with van der Waals surface area (Å²) in [4.78, 5) is 24.0.